The summed E-state index contributed by atoms with van der Waals surface area (Å²) < 4.78 is 7.83. The monoisotopic (exact) mass is 363 g/mol. The van der Waals surface area contributed by atoms with E-state index in [2.05, 4.69) is 59.7 Å². The molecule has 2 heterocycles. The van der Waals surface area contributed by atoms with Gasteiger partial charge in [-0.1, -0.05) is 53.7 Å². The Hall–Kier alpha value is -2.55. The molecule has 0 fully saturated rings. The lowest BCUT2D eigenvalue weighted by atomic mass is 9.78. The largest absolute Gasteiger partial charge is 0.496 e. The first-order valence-electron chi connectivity index (χ1n) is 9.36. The van der Waals surface area contributed by atoms with Crippen molar-refractivity contribution in [1.29, 1.82) is 0 Å². The van der Waals surface area contributed by atoms with Crippen LogP contribution in [0.15, 0.2) is 42.6 Å². The van der Waals surface area contributed by atoms with E-state index < -0.39 is 0 Å². The molecule has 142 valence electrons. The van der Waals surface area contributed by atoms with Crippen molar-refractivity contribution >= 4 is 11.8 Å². The zero-order valence-electron chi connectivity index (χ0n) is 17.4. The first-order valence-corrected chi connectivity index (χ1v) is 9.36. The topological polar surface area (TPSA) is 30.7 Å². The molecule has 3 rings (SSSR count). The van der Waals surface area contributed by atoms with Crippen LogP contribution in [0.25, 0.3) is 16.6 Å². The van der Waals surface area contributed by atoms with E-state index in [1.807, 2.05) is 28.8 Å². The molecule has 0 amide bonds. The highest BCUT2D eigenvalue weighted by Gasteiger charge is 2.27. The van der Waals surface area contributed by atoms with E-state index >= 15 is 0 Å². The molecule has 0 aliphatic rings. The summed E-state index contributed by atoms with van der Waals surface area (Å²) in [6.07, 6.45) is 2.86. The van der Waals surface area contributed by atoms with Crippen LogP contribution in [0.5, 0.6) is 5.75 Å². The van der Waals surface area contributed by atoms with E-state index in [1.165, 1.54) is 5.56 Å². The van der Waals surface area contributed by atoms with Crippen LogP contribution < -0.4 is 4.74 Å². The molecule has 2 aromatic heterocycles. The van der Waals surface area contributed by atoms with Crippen LogP contribution in [0, 0.1) is 0 Å². The Morgan fingerprint density at radius 3 is 2.19 bits per heavy atom. The van der Waals surface area contributed by atoms with Crippen molar-refractivity contribution in [2.24, 2.45) is 0 Å². The molecule has 0 aliphatic carbocycles. The Kier molecular flexibility index (Phi) is 4.67. The highest BCUT2D eigenvalue weighted by molar-refractivity contribution is 5.92. The van der Waals surface area contributed by atoms with E-state index in [1.54, 1.807) is 7.11 Å². The number of nitrogens with zero attached hydrogens (tertiary/aromatic N) is 1. The standard InChI is InChI=1S/C24H29NO2/c1-23(2,3)16-12-19(22(27-7)20(13-16)24(4,5)6)18-14-17-10-8-9-11-25(17)21(18)15-26/h8-15H,1-7H3. The lowest BCUT2D eigenvalue weighted by molar-refractivity contribution is 0.111. The van der Waals surface area contributed by atoms with Gasteiger partial charge in [0.05, 0.1) is 12.8 Å². The fourth-order valence-electron chi connectivity index (χ4n) is 3.52. The second-order valence-corrected chi connectivity index (χ2v) is 9.16. The minimum absolute atomic E-state index is 0.0124. The Morgan fingerprint density at radius 2 is 1.63 bits per heavy atom. The summed E-state index contributed by atoms with van der Waals surface area (Å²) in [4.78, 5) is 12.0. The smallest absolute Gasteiger partial charge is 0.167 e. The molecule has 0 saturated carbocycles. The second kappa shape index (κ2) is 6.56. The Balaban J connectivity index is 2.44. The summed E-state index contributed by atoms with van der Waals surface area (Å²) in [5.74, 6) is 0.842. The zero-order chi connectivity index (χ0) is 20.0. The summed E-state index contributed by atoms with van der Waals surface area (Å²) in [5.41, 5.74) is 5.81. The SMILES string of the molecule is COc1c(-c2cc3ccccn3c2C=O)cc(C(C)(C)C)cc1C(C)(C)C. The number of carbonyl (C=O) groups excluding carboxylic acids is 1. The molecule has 3 nitrogen and oxygen atoms in total. The lowest BCUT2D eigenvalue weighted by Crippen LogP contribution is -2.18. The number of aldehydes is 1. The van der Waals surface area contributed by atoms with Gasteiger partial charge in [-0.3, -0.25) is 4.79 Å². The third kappa shape index (κ3) is 3.39. The van der Waals surface area contributed by atoms with Gasteiger partial charge in [-0.2, -0.15) is 0 Å². The first kappa shape index (κ1) is 19.2. The van der Waals surface area contributed by atoms with Crippen LogP contribution in [0.3, 0.4) is 0 Å². The third-order valence-corrected chi connectivity index (χ3v) is 5.09. The molecular weight excluding hydrogens is 334 g/mol. The molecule has 0 aliphatic heterocycles. The Labute approximate surface area is 162 Å². The minimum Gasteiger partial charge on any atom is -0.496 e. The molecular formula is C24H29NO2. The number of rotatable bonds is 3. The summed E-state index contributed by atoms with van der Waals surface area (Å²) >= 11 is 0. The van der Waals surface area contributed by atoms with Gasteiger partial charge in [-0.25, -0.2) is 0 Å². The molecule has 3 aromatic rings. The molecule has 0 bridgehead atoms. The fraction of sp³-hybridized carbons (Fsp3) is 0.375. The van der Waals surface area contributed by atoms with Crippen molar-refractivity contribution < 1.29 is 9.53 Å². The highest BCUT2D eigenvalue weighted by atomic mass is 16.5. The van der Waals surface area contributed by atoms with Crippen molar-refractivity contribution in [3.63, 3.8) is 0 Å². The van der Waals surface area contributed by atoms with Crippen LogP contribution >= 0.6 is 0 Å². The number of methoxy groups -OCH3 is 1. The molecule has 0 unspecified atom stereocenters. The van der Waals surface area contributed by atoms with Crippen molar-refractivity contribution in [2.75, 3.05) is 7.11 Å². The van der Waals surface area contributed by atoms with Gasteiger partial charge in [-0.05, 0) is 40.7 Å². The predicted octanol–water partition coefficient (Wildman–Crippen LogP) is 6.02. The predicted molar refractivity (Wildman–Crippen MR) is 112 cm³/mol. The number of hydrogen-bond donors (Lipinski definition) is 0. The summed E-state index contributed by atoms with van der Waals surface area (Å²) in [6, 6.07) is 12.4. The van der Waals surface area contributed by atoms with Crippen LogP contribution in [0.1, 0.15) is 63.2 Å². The van der Waals surface area contributed by atoms with E-state index in [0.29, 0.717) is 5.69 Å². The zero-order valence-corrected chi connectivity index (χ0v) is 17.4. The number of ether oxygens (including phenoxy) is 1. The summed E-state index contributed by atoms with van der Waals surface area (Å²) in [5, 5.41) is 0. The van der Waals surface area contributed by atoms with Crippen LogP contribution in [-0.2, 0) is 10.8 Å². The number of pyridine rings is 1. The number of carbonyl (C=O) groups is 1. The second-order valence-electron chi connectivity index (χ2n) is 9.16. The van der Waals surface area contributed by atoms with Gasteiger partial charge in [0.25, 0.3) is 0 Å². The number of fused-ring (bicyclic) bond motifs is 1. The summed E-state index contributed by atoms with van der Waals surface area (Å²) in [7, 11) is 1.71. The molecule has 0 N–H and O–H groups in total. The van der Waals surface area contributed by atoms with Gasteiger partial charge in [0.1, 0.15) is 5.75 Å². The molecule has 3 heteroatoms. The van der Waals surface area contributed by atoms with Gasteiger partial charge >= 0.3 is 0 Å². The maximum Gasteiger partial charge on any atom is 0.167 e. The van der Waals surface area contributed by atoms with E-state index in [4.69, 9.17) is 4.74 Å². The molecule has 27 heavy (non-hydrogen) atoms. The normalized spacial score (nSPS) is 12.4. The van der Waals surface area contributed by atoms with E-state index in [0.717, 1.165) is 34.2 Å². The fourth-order valence-corrected chi connectivity index (χ4v) is 3.52. The number of benzene rings is 1. The van der Waals surface area contributed by atoms with Gasteiger partial charge in [0.15, 0.2) is 6.29 Å². The molecule has 0 spiro atoms. The van der Waals surface area contributed by atoms with Gasteiger partial charge < -0.3 is 9.14 Å². The van der Waals surface area contributed by atoms with Gasteiger partial charge in [-0.15, -0.1) is 0 Å². The molecule has 0 atom stereocenters. The lowest BCUT2D eigenvalue weighted by Gasteiger charge is -2.29. The van der Waals surface area contributed by atoms with Crippen molar-refractivity contribution in [1.82, 2.24) is 4.40 Å². The van der Waals surface area contributed by atoms with Gasteiger partial charge in [0, 0.05) is 28.4 Å². The van der Waals surface area contributed by atoms with Gasteiger partial charge in [0.2, 0.25) is 0 Å². The van der Waals surface area contributed by atoms with Crippen LogP contribution in [0.4, 0.5) is 0 Å². The van der Waals surface area contributed by atoms with E-state index in [-0.39, 0.29) is 10.8 Å². The van der Waals surface area contributed by atoms with Crippen molar-refractivity contribution in [3.8, 4) is 16.9 Å². The van der Waals surface area contributed by atoms with Crippen LogP contribution in [0.2, 0.25) is 0 Å². The minimum atomic E-state index is -0.0815. The highest BCUT2D eigenvalue weighted by Crippen LogP contribution is 2.44. The number of aromatic nitrogens is 1. The molecule has 1 aromatic carbocycles. The van der Waals surface area contributed by atoms with E-state index in [9.17, 15) is 4.79 Å². The Morgan fingerprint density at radius 1 is 0.926 bits per heavy atom. The average Bonchev–Trinajstić information content (AvgIpc) is 2.97. The first-order chi connectivity index (χ1) is 12.6. The molecule has 0 radical (unpaired) electrons. The molecule has 0 saturated heterocycles. The van der Waals surface area contributed by atoms with Crippen molar-refractivity contribution in [3.05, 3.63) is 59.4 Å². The quantitative estimate of drug-likeness (QED) is 0.533. The van der Waals surface area contributed by atoms with Crippen LogP contribution in [-0.4, -0.2) is 17.8 Å². The maximum atomic E-state index is 12.0. The average molecular weight is 364 g/mol. The maximum absolute atomic E-state index is 12.0. The Bertz CT molecular complexity index is 998. The third-order valence-electron chi connectivity index (χ3n) is 5.09. The van der Waals surface area contributed by atoms with Crippen molar-refractivity contribution in [2.45, 2.75) is 52.4 Å². The summed E-state index contributed by atoms with van der Waals surface area (Å²) in [6.45, 7) is 13.2. The number of hydrogen-bond acceptors (Lipinski definition) is 2.